The summed E-state index contributed by atoms with van der Waals surface area (Å²) in [6.45, 7) is 1.45. The second-order valence-corrected chi connectivity index (χ2v) is 11.7. The Balaban J connectivity index is 1.13. The van der Waals surface area contributed by atoms with E-state index in [1.165, 1.54) is 0 Å². The molecule has 0 radical (unpaired) electrons. The van der Waals surface area contributed by atoms with Gasteiger partial charge in [0.25, 0.3) is 0 Å². The van der Waals surface area contributed by atoms with Crippen molar-refractivity contribution < 1.29 is 14.4 Å². The number of fused-ring (bicyclic) bond motifs is 1. The van der Waals surface area contributed by atoms with Gasteiger partial charge < -0.3 is 25.8 Å². The number of likely N-dealkylation sites (N-methyl/N-ethyl adjacent to an activating group) is 1. The first-order valence-corrected chi connectivity index (χ1v) is 15.0. The summed E-state index contributed by atoms with van der Waals surface area (Å²) in [5.74, 6) is -0.221. The zero-order chi connectivity index (χ0) is 29.9. The smallest absolute Gasteiger partial charge is 0.247 e. The quantitative estimate of drug-likeness (QED) is 0.241. The van der Waals surface area contributed by atoms with Crippen LogP contribution in [0.25, 0.3) is 22.2 Å². The van der Waals surface area contributed by atoms with Crippen LogP contribution in [-0.4, -0.2) is 71.8 Å². The van der Waals surface area contributed by atoms with Crippen LogP contribution in [0.15, 0.2) is 78.9 Å². The average molecular weight is 579 g/mol. The van der Waals surface area contributed by atoms with Crippen molar-refractivity contribution in [3.63, 3.8) is 0 Å². The molecule has 3 atom stereocenters. The minimum Gasteiger partial charge on any atom is -0.355 e. The molecule has 4 aromatic rings. The summed E-state index contributed by atoms with van der Waals surface area (Å²) in [6.07, 6.45) is 3.31. The Hall–Kier alpha value is -4.47. The van der Waals surface area contributed by atoms with Crippen LogP contribution in [0.2, 0.25) is 0 Å². The van der Waals surface area contributed by atoms with Gasteiger partial charge in [-0.2, -0.15) is 0 Å². The predicted octanol–water partition coefficient (Wildman–Crippen LogP) is 4.76. The van der Waals surface area contributed by atoms with Crippen molar-refractivity contribution in [1.82, 2.24) is 20.1 Å². The van der Waals surface area contributed by atoms with Gasteiger partial charge in [-0.05, 0) is 93.8 Å². The molecule has 3 heterocycles. The third-order valence-corrected chi connectivity index (χ3v) is 8.43. The Kier molecular flexibility index (Phi) is 8.26. The first-order chi connectivity index (χ1) is 20.9. The lowest BCUT2D eigenvalue weighted by Gasteiger charge is -2.31. The van der Waals surface area contributed by atoms with Gasteiger partial charge in [-0.3, -0.25) is 19.3 Å². The van der Waals surface area contributed by atoms with E-state index in [0.29, 0.717) is 18.7 Å². The zero-order valence-corrected chi connectivity index (χ0v) is 24.6. The molecule has 4 N–H and O–H groups in total. The second-order valence-electron chi connectivity index (χ2n) is 11.7. The highest BCUT2D eigenvalue weighted by molar-refractivity contribution is 6.00. The number of nitrogens with zero attached hydrogens (tertiary/aromatic N) is 2. The molecule has 43 heavy (non-hydrogen) atoms. The highest BCUT2D eigenvalue weighted by Gasteiger charge is 2.38. The minimum atomic E-state index is -0.514. The number of benzene rings is 3. The number of amides is 3. The molecule has 0 saturated carbocycles. The maximum Gasteiger partial charge on any atom is 0.247 e. The molecule has 6 rings (SSSR count). The van der Waals surface area contributed by atoms with Gasteiger partial charge in [0.1, 0.15) is 12.1 Å². The second kappa shape index (κ2) is 12.4. The molecule has 9 nitrogen and oxygen atoms in total. The molecule has 2 aliphatic rings. The van der Waals surface area contributed by atoms with E-state index in [2.05, 4.69) is 20.9 Å². The first kappa shape index (κ1) is 28.6. The maximum atomic E-state index is 13.7. The molecule has 3 aromatic carbocycles. The fraction of sp³-hybridized carbons (Fsp3) is 0.324. The molecule has 9 heteroatoms. The summed E-state index contributed by atoms with van der Waals surface area (Å²) >= 11 is 0. The van der Waals surface area contributed by atoms with Crippen LogP contribution < -0.4 is 16.0 Å². The monoisotopic (exact) mass is 578 g/mol. The summed E-state index contributed by atoms with van der Waals surface area (Å²) < 4.78 is 0. The summed E-state index contributed by atoms with van der Waals surface area (Å²) in [4.78, 5) is 46.6. The number of aromatic amines is 1. The summed E-state index contributed by atoms with van der Waals surface area (Å²) in [7, 11) is 3.78. The SMILES string of the molecule is CN(C)[C@@H](C(=O)N1CCC[C@H]1C(=O)Nc1ccc2[nH]c(-c3ccc(NC(=O)[C@@H]4CCCN4)cc3)cc2c1)c1ccccc1. The Bertz CT molecular complexity index is 1610. The van der Waals surface area contributed by atoms with Crippen LogP contribution in [0.3, 0.4) is 0 Å². The molecule has 2 fully saturated rings. The summed E-state index contributed by atoms with van der Waals surface area (Å²) in [5, 5.41) is 10.2. The fourth-order valence-electron chi connectivity index (χ4n) is 6.22. The van der Waals surface area contributed by atoms with Gasteiger partial charge in [-0.1, -0.05) is 42.5 Å². The van der Waals surface area contributed by atoms with E-state index < -0.39 is 12.1 Å². The normalized spacial score (nSPS) is 19.1. The zero-order valence-electron chi connectivity index (χ0n) is 24.6. The van der Waals surface area contributed by atoms with E-state index >= 15 is 0 Å². The molecule has 0 aliphatic carbocycles. The molecule has 2 aliphatic heterocycles. The number of hydrogen-bond acceptors (Lipinski definition) is 5. The maximum absolute atomic E-state index is 13.7. The van der Waals surface area contributed by atoms with Crippen molar-refractivity contribution in [2.24, 2.45) is 0 Å². The van der Waals surface area contributed by atoms with Crippen molar-refractivity contribution in [3.8, 4) is 11.3 Å². The Morgan fingerprint density at radius 3 is 2.33 bits per heavy atom. The number of nitrogens with one attached hydrogen (secondary N) is 4. The van der Waals surface area contributed by atoms with E-state index in [9.17, 15) is 14.4 Å². The lowest BCUT2D eigenvalue weighted by atomic mass is 10.0. The van der Waals surface area contributed by atoms with E-state index in [-0.39, 0.29) is 23.8 Å². The topological polar surface area (TPSA) is 110 Å². The van der Waals surface area contributed by atoms with E-state index in [1.807, 2.05) is 97.9 Å². The lowest BCUT2D eigenvalue weighted by molar-refractivity contribution is -0.140. The highest BCUT2D eigenvalue weighted by Crippen LogP contribution is 2.30. The van der Waals surface area contributed by atoms with E-state index in [1.54, 1.807) is 4.90 Å². The lowest BCUT2D eigenvalue weighted by Crippen LogP contribution is -2.47. The van der Waals surface area contributed by atoms with Crippen LogP contribution in [0, 0.1) is 0 Å². The van der Waals surface area contributed by atoms with Crippen molar-refractivity contribution >= 4 is 40.0 Å². The third-order valence-electron chi connectivity index (χ3n) is 8.43. The van der Waals surface area contributed by atoms with Crippen molar-refractivity contribution in [2.45, 2.75) is 43.8 Å². The third kappa shape index (κ3) is 6.18. The van der Waals surface area contributed by atoms with Gasteiger partial charge >= 0.3 is 0 Å². The van der Waals surface area contributed by atoms with Gasteiger partial charge in [-0.25, -0.2) is 0 Å². The van der Waals surface area contributed by atoms with Crippen LogP contribution in [0.4, 0.5) is 11.4 Å². The number of aromatic nitrogens is 1. The number of carbonyl (C=O) groups is 3. The Labute approximate surface area is 251 Å². The molecule has 0 spiro atoms. The van der Waals surface area contributed by atoms with Crippen molar-refractivity contribution in [2.75, 3.05) is 37.8 Å². The Morgan fingerprint density at radius 2 is 1.60 bits per heavy atom. The minimum absolute atomic E-state index is 0.00393. The molecule has 0 unspecified atom stereocenters. The van der Waals surface area contributed by atoms with E-state index in [4.69, 9.17) is 0 Å². The van der Waals surface area contributed by atoms with Crippen LogP contribution >= 0.6 is 0 Å². The van der Waals surface area contributed by atoms with Crippen LogP contribution in [0.5, 0.6) is 0 Å². The summed E-state index contributed by atoms with van der Waals surface area (Å²) in [6, 6.07) is 24.2. The Morgan fingerprint density at radius 1 is 0.860 bits per heavy atom. The number of likely N-dealkylation sites (tertiary alicyclic amines) is 1. The molecule has 222 valence electrons. The largest absolute Gasteiger partial charge is 0.355 e. The molecule has 2 saturated heterocycles. The fourth-order valence-corrected chi connectivity index (χ4v) is 6.22. The number of rotatable bonds is 8. The van der Waals surface area contributed by atoms with Gasteiger partial charge in [0.2, 0.25) is 17.7 Å². The van der Waals surface area contributed by atoms with Crippen molar-refractivity contribution in [1.29, 1.82) is 0 Å². The molecule has 1 aromatic heterocycles. The van der Waals surface area contributed by atoms with Crippen LogP contribution in [-0.2, 0) is 14.4 Å². The number of anilines is 2. The molecular weight excluding hydrogens is 540 g/mol. The first-order valence-electron chi connectivity index (χ1n) is 15.0. The summed E-state index contributed by atoms with van der Waals surface area (Å²) in [5.41, 5.74) is 5.26. The van der Waals surface area contributed by atoms with Crippen LogP contribution in [0.1, 0.15) is 37.3 Å². The number of H-pyrrole nitrogens is 1. The number of hydrogen-bond donors (Lipinski definition) is 4. The van der Waals surface area contributed by atoms with Gasteiger partial charge in [0, 0.05) is 34.5 Å². The highest BCUT2D eigenvalue weighted by atomic mass is 16.2. The molecule has 3 amide bonds. The number of carbonyl (C=O) groups excluding carboxylic acids is 3. The predicted molar refractivity (Wildman–Crippen MR) is 170 cm³/mol. The van der Waals surface area contributed by atoms with E-state index in [0.717, 1.165) is 59.2 Å². The van der Waals surface area contributed by atoms with Crippen molar-refractivity contribution in [3.05, 3.63) is 84.4 Å². The average Bonchev–Trinajstić information content (AvgIpc) is 3.79. The molecular formula is C34H38N6O3. The molecule has 0 bridgehead atoms. The van der Waals surface area contributed by atoms with Gasteiger partial charge in [0.15, 0.2) is 0 Å². The van der Waals surface area contributed by atoms with Gasteiger partial charge in [-0.15, -0.1) is 0 Å². The standard InChI is InChI=1S/C34H38N6O3/c1-39(2)31(23-8-4-3-5-9-23)34(43)40-19-7-11-30(40)33(42)37-26-16-17-27-24(20-26)21-29(38-27)22-12-14-25(15-13-22)36-32(41)28-10-6-18-35-28/h3-5,8-9,12-17,20-21,28,30-31,35,38H,6-7,10-11,18-19H2,1-2H3,(H,36,41)(H,37,42)/t28-,30-,31+/m0/s1. The van der Waals surface area contributed by atoms with Gasteiger partial charge in [0.05, 0.1) is 6.04 Å².